The number of sulfonamides is 1. The first-order chi connectivity index (χ1) is 12.1. The van der Waals surface area contributed by atoms with Crippen molar-refractivity contribution in [3.63, 3.8) is 0 Å². The molecule has 138 valence electrons. The summed E-state index contributed by atoms with van der Waals surface area (Å²) in [6, 6.07) is 9.73. The molecule has 1 aliphatic rings. The van der Waals surface area contributed by atoms with Crippen LogP contribution in [0, 0.1) is 6.92 Å². The van der Waals surface area contributed by atoms with Gasteiger partial charge < -0.3 is 10.1 Å². The van der Waals surface area contributed by atoms with Crippen LogP contribution in [0.1, 0.15) is 5.56 Å². The average Bonchev–Trinajstić information content (AvgIpc) is 2.56. The largest absolute Gasteiger partial charge is 0.476 e. The zero-order chi connectivity index (χ0) is 19.1. The highest BCUT2D eigenvalue weighted by Crippen LogP contribution is 2.37. The SMILES string of the molecule is Cc1ccc(Cl)cc1NC(=O)[C@H]1CN(S(C)(=O)=O)c2cc(Cl)ccc2O1. The second-order valence-corrected chi connectivity index (χ2v) is 8.74. The fourth-order valence-electron chi connectivity index (χ4n) is 2.62. The number of carbonyl (C=O) groups is 1. The summed E-state index contributed by atoms with van der Waals surface area (Å²) in [5, 5.41) is 3.59. The summed E-state index contributed by atoms with van der Waals surface area (Å²) < 4.78 is 31.2. The molecule has 1 aliphatic heterocycles. The first kappa shape index (κ1) is 18.8. The van der Waals surface area contributed by atoms with Crippen molar-refractivity contribution in [3.05, 3.63) is 52.0 Å². The predicted molar refractivity (Wildman–Crippen MR) is 103 cm³/mol. The smallest absolute Gasteiger partial charge is 0.267 e. The summed E-state index contributed by atoms with van der Waals surface area (Å²) in [6.45, 7) is 1.67. The van der Waals surface area contributed by atoms with Gasteiger partial charge in [0.05, 0.1) is 18.5 Å². The lowest BCUT2D eigenvalue weighted by atomic mass is 10.1. The summed E-state index contributed by atoms with van der Waals surface area (Å²) in [4.78, 5) is 12.7. The van der Waals surface area contributed by atoms with Crippen molar-refractivity contribution in [1.29, 1.82) is 0 Å². The quantitative estimate of drug-likeness (QED) is 0.833. The van der Waals surface area contributed by atoms with Crippen LogP contribution in [-0.2, 0) is 14.8 Å². The van der Waals surface area contributed by atoms with Gasteiger partial charge in [-0.05, 0) is 42.8 Å². The van der Waals surface area contributed by atoms with Gasteiger partial charge in [-0.25, -0.2) is 8.42 Å². The molecule has 1 amide bonds. The molecule has 0 aromatic heterocycles. The molecule has 1 atom stereocenters. The monoisotopic (exact) mass is 414 g/mol. The Labute approximate surface area is 161 Å². The number of amides is 1. The molecule has 3 rings (SSSR count). The molecule has 1 N–H and O–H groups in total. The number of aryl methyl sites for hydroxylation is 1. The number of hydrogen-bond donors (Lipinski definition) is 1. The molecule has 0 bridgehead atoms. The summed E-state index contributed by atoms with van der Waals surface area (Å²) in [5.41, 5.74) is 1.67. The highest BCUT2D eigenvalue weighted by molar-refractivity contribution is 7.92. The van der Waals surface area contributed by atoms with Crippen molar-refractivity contribution in [2.24, 2.45) is 0 Å². The Morgan fingerprint density at radius 3 is 2.54 bits per heavy atom. The van der Waals surface area contributed by atoms with Crippen LogP contribution in [0.3, 0.4) is 0 Å². The minimum absolute atomic E-state index is 0.155. The summed E-state index contributed by atoms with van der Waals surface area (Å²) in [5.74, 6) is -0.196. The molecule has 0 fully saturated rings. The van der Waals surface area contributed by atoms with Crippen LogP contribution < -0.4 is 14.4 Å². The molecule has 0 radical (unpaired) electrons. The predicted octanol–water partition coefficient (Wildman–Crippen LogP) is 3.47. The van der Waals surface area contributed by atoms with E-state index in [0.29, 0.717) is 21.4 Å². The van der Waals surface area contributed by atoms with Crippen molar-refractivity contribution < 1.29 is 17.9 Å². The molecule has 6 nitrogen and oxygen atoms in total. The van der Waals surface area contributed by atoms with Gasteiger partial charge in [0.2, 0.25) is 10.0 Å². The minimum atomic E-state index is -3.62. The summed E-state index contributed by atoms with van der Waals surface area (Å²) in [6.07, 6.45) is 0.0517. The summed E-state index contributed by atoms with van der Waals surface area (Å²) in [7, 11) is -3.62. The molecule has 9 heteroatoms. The third kappa shape index (κ3) is 3.90. The van der Waals surface area contributed by atoms with E-state index < -0.39 is 22.0 Å². The van der Waals surface area contributed by atoms with E-state index in [4.69, 9.17) is 27.9 Å². The molecule has 0 saturated carbocycles. The fourth-order valence-corrected chi connectivity index (χ4v) is 3.86. The van der Waals surface area contributed by atoms with Crippen molar-refractivity contribution in [1.82, 2.24) is 0 Å². The van der Waals surface area contributed by atoms with Gasteiger partial charge in [-0.2, -0.15) is 0 Å². The molecule has 26 heavy (non-hydrogen) atoms. The number of fused-ring (bicyclic) bond motifs is 1. The van der Waals surface area contributed by atoms with Crippen LogP contribution >= 0.6 is 23.2 Å². The van der Waals surface area contributed by atoms with Crippen LogP contribution in [0.15, 0.2) is 36.4 Å². The van der Waals surface area contributed by atoms with E-state index in [2.05, 4.69) is 5.32 Å². The van der Waals surface area contributed by atoms with E-state index in [-0.39, 0.29) is 12.3 Å². The van der Waals surface area contributed by atoms with E-state index in [1.165, 1.54) is 6.07 Å². The molecule has 0 saturated heterocycles. The lowest BCUT2D eigenvalue weighted by molar-refractivity contribution is -0.122. The lowest BCUT2D eigenvalue weighted by Gasteiger charge is -2.34. The number of halogens is 2. The van der Waals surface area contributed by atoms with Crippen LogP contribution in [-0.4, -0.2) is 33.2 Å². The molecular weight excluding hydrogens is 399 g/mol. The second kappa shape index (κ2) is 6.98. The normalized spacial score (nSPS) is 16.6. The Kier molecular flexibility index (Phi) is 5.05. The number of hydrogen-bond acceptors (Lipinski definition) is 4. The molecule has 2 aromatic rings. The number of benzene rings is 2. The number of anilines is 2. The Balaban J connectivity index is 1.91. The maximum atomic E-state index is 12.7. The Morgan fingerprint density at radius 1 is 1.19 bits per heavy atom. The van der Waals surface area contributed by atoms with Crippen LogP contribution in [0.4, 0.5) is 11.4 Å². The molecular formula is C17H16Cl2N2O4S. The van der Waals surface area contributed by atoms with Gasteiger partial charge in [0.1, 0.15) is 5.75 Å². The van der Waals surface area contributed by atoms with Crippen LogP contribution in [0.2, 0.25) is 10.0 Å². The third-order valence-electron chi connectivity index (χ3n) is 3.94. The Morgan fingerprint density at radius 2 is 1.85 bits per heavy atom. The van der Waals surface area contributed by atoms with Gasteiger partial charge in [-0.15, -0.1) is 0 Å². The first-order valence-corrected chi connectivity index (χ1v) is 10.3. The zero-order valence-electron chi connectivity index (χ0n) is 14.0. The van der Waals surface area contributed by atoms with E-state index in [1.54, 1.807) is 30.3 Å². The van der Waals surface area contributed by atoms with Gasteiger partial charge in [-0.3, -0.25) is 9.10 Å². The van der Waals surface area contributed by atoms with Gasteiger partial charge in [0, 0.05) is 15.7 Å². The topological polar surface area (TPSA) is 75.7 Å². The highest BCUT2D eigenvalue weighted by Gasteiger charge is 2.35. The Bertz CT molecular complexity index is 979. The zero-order valence-corrected chi connectivity index (χ0v) is 16.3. The maximum Gasteiger partial charge on any atom is 0.267 e. The molecule has 2 aromatic carbocycles. The number of nitrogens with zero attached hydrogens (tertiary/aromatic N) is 1. The van der Waals surface area contributed by atoms with Crippen molar-refractivity contribution in [2.75, 3.05) is 22.4 Å². The number of nitrogens with one attached hydrogen (secondary N) is 1. The van der Waals surface area contributed by atoms with Crippen molar-refractivity contribution >= 4 is 50.5 Å². The van der Waals surface area contributed by atoms with Crippen LogP contribution in [0.5, 0.6) is 5.75 Å². The molecule has 0 aliphatic carbocycles. The number of rotatable bonds is 3. The second-order valence-electron chi connectivity index (χ2n) is 5.96. The standard InChI is InChI=1S/C17H16Cl2N2O4S/c1-10-3-4-11(18)7-13(10)20-17(22)16-9-21(26(2,23)24)14-8-12(19)5-6-15(14)25-16/h3-8,16H,9H2,1-2H3,(H,20,22)/t16-/m1/s1. The van der Waals surface area contributed by atoms with E-state index >= 15 is 0 Å². The fraction of sp³-hybridized carbons (Fsp3) is 0.235. The number of carbonyl (C=O) groups excluding carboxylic acids is 1. The van der Waals surface area contributed by atoms with E-state index in [1.807, 2.05) is 6.92 Å². The maximum absolute atomic E-state index is 12.7. The van der Waals surface area contributed by atoms with Gasteiger partial charge in [0.15, 0.2) is 6.10 Å². The highest BCUT2D eigenvalue weighted by atomic mass is 35.5. The minimum Gasteiger partial charge on any atom is -0.476 e. The van der Waals surface area contributed by atoms with Gasteiger partial charge in [0.25, 0.3) is 5.91 Å². The lowest BCUT2D eigenvalue weighted by Crippen LogP contribution is -2.48. The van der Waals surface area contributed by atoms with Crippen molar-refractivity contribution in [3.8, 4) is 5.75 Å². The summed E-state index contributed by atoms with van der Waals surface area (Å²) >= 11 is 11.9. The van der Waals surface area contributed by atoms with Gasteiger partial charge >= 0.3 is 0 Å². The Hall–Kier alpha value is -1.96. The number of ether oxygens (including phenoxy) is 1. The average molecular weight is 415 g/mol. The van der Waals surface area contributed by atoms with E-state index in [0.717, 1.165) is 16.1 Å². The first-order valence-electron chi connectivity index (χ1n) is 7.66. The molecule has 0 spiro atoms. The van der Waals surface area contributed by atoms with Crippen molar-refractivity contribution in [2.45, 2.75) is 13.0 Å². The molecule has 0 unspecified atom stereocenters. The molecule has 1 heterocycles. The van der Waals surface area contributed by atoms with Gasteiger partial charge in [-0.1, -0.05) is 29.3 Å². The van der Waals surface area contributed by atoms with E-state index in [9.17, 15) is 13.2 Å². The van der Waals surface area contributed by atoms with Crippen LogP contribution in [0.25, 0.3) is 0 Å². The third-order valence-corrected chi connectivity index (χ3v) is 5.56.